The van der Waals surface area contributed by atoms with Gasteiger partial charge in [0, 0.05) is 32.5 Å². The van der Waals surface area contributed by atoms with Crippen LogP contribution in [0.2, 0.25) is 0 Å². The molecule has 4 rings (SSSR count). The number of anilines is 1. The van der Waals surface area contributed by atoms with Gasteiger partial charge in [0.2, 0.25) is 5.82 Å². The third-order valence-electron chi connectivity index (χ3n) is 4.87. The Bertz CT molecular complexity index is 744. The quantitative estimate of drug-likeness (QED) is 0.842. The van der Waals surface area contributed by atoms with Gasteiger partial charge in [0.15, 0.2) is 5.82 Å². The van der Waals surface area contributed by atoms with Crippen LogP contribution in [0, 0.1) is 0 Å². The Balaban J connectivity index is 1.40. The Labute approximate surface area is 140 Å². The SMILES string of the molecule is CN(C(=O)c1ncccn1)C1CN(c2cc3c(nn2)CCCC3)C1. The zero-order chi connectivity index (χ0) is 16.5. The van der Waals surface area contributed by atoms with E-state index >= 15 is 0 Å². The van der Waals surface area contributed by atoms with Crippen LogP contribution in [0.4, 0.5) is 5.82 Å². The van der Waals surface area contributed by atoms with E-state index in [-0.39, 0.29) is 17.8 Å². The Morgan fingerprint density at radius 3 is 2.71 bits per heavy atom. The van der Waals surface area contributed by atoms with Crippen molar-refractivity contribution < 1.29 is 4.79 Å². The predicted molar refractivity (Wildman–Crippen MR) is 88.8 cm³/mol. The number of carbonyl (C=O) groups excluding carboxylic acids is 1. The van der Waals surface area contributed by atoms with Crippen LogP contribution < -0.4 is 4.90 Å². The first-order valence-electron chi connectivity index (χ1n) is 8.37. The van der Waals surface area contributed by atoms with Gasteiger partial charge in [-0.2, -0.15) is 5.10 Å². The molecule has 24 heavy (non-hydrogen) atoms. The number of likely N-dealkylation sites (N-methyl/N-ethyl adjacent to an activating group) is 1. The summed E-state index contributed by atoms with van der Waals surface area (Å²) >= 11 is 0. The second-order valence-corrected chi connectivity index (χ2v) is 6.43. The summed E-state index contributed by atoms with van der Waals surface area (Å²) in [5.41, 5.74) is 2.48. The molecule has 7 nitrogen and oxygen atoms in total. The molecular formula is C17H20N6O. The van der Waals surface area contributed by atoms with Gasteiger partial charge >= 0.3 is 0 Å². The topological polar surface area (TPSA) is 75.1 Å². The van der Waals surface area contributed by atoms with E-state index in [0.717, 1.165) is 37.4 Å². The van der Waals surface area contributed by atoms with Crippen molar-refractivity contribution in [1.82, 2.24) is 25.1 Å². The molecule has 124 valence electrons. The zero-order valence-electron chi connectivity index (χ0n) is 13.7. The summed E-state index contributed by atoms with van der Waals surface area (Å²) in [5.74, 6) is 1.02. The molecule has 0 unspecified atom stereocenters. The minimum absolute atomic E-state index is 0.142. The number of hydrogen-bond donors (Lipinski definition) is 0. The minimum atomic E-state index is -0.142. The van der Waals surface area contributed by atoms with Gasteiger partial charge < -0.3 is 9.80 Å². The number of hydrogen-bond acceptors (Lipinski definition) is 6. The van der Waals surface area contributed by atoms with Crippen molar-refractivity contribution in [1.29, 1.82) is 0 Å². The third kappa shape index (κ3) is 2.70. The Morgan fingerprint density at radius 2 is 1.92 bits per heavy atom. The Hall–Kier alpha value is -2.57. The van der Waals surface area contributed by atoms with Crippen LogP contribution in [-0.4, -0.2) is 57.2 Å². The molecule has 0 aromatic carbocycles. The van der Waals surface area contributed by atoms with Crippen LogP contribution in [-0.2, 0) is 12.8 Å². The summed E-state index contributed by atoms with van der Waals surface area (Å²) in [7, 11) is 1.80. The molecule has 0 bridgehead atoms. The van der Waals surface area contributed by atoms with Gasteiger partial charge in [-0.05, 0) is 43.4 Å². The minimum Gasteiger partial charge on any atom is -0.351 e. The fraction of sp³-hybridized carbons (Fsp3) is 0.471. The summed E-state index contributed by atoms with van der Waals surface area (Å²) in [5, 5.41) is 8.74. The maximum Gasteiger partial charge on any atom is 0.291 e. The molecule has 0 radical (unpaired) electrons. The number of nitrogens with zero attached hydrogens (tertiary/aromatic N) is 6. The van der Waals surface area contributed by atoms with Crippen molar-refractivity contribution >= 4 is 11.7 Å². The predicted octanol–water partition coefficient (Wildman–Crippen LogP) is 1.11. The molecule has 0 atom stereocenters. The highest BCUT2D eigenvalue weighted by atomic mass is 16.2. The molecule has 7 heteroatoms. The van der Waals surface area contributed by atoms with E-state index < -0.39 is 0 Å². The van der Waals surface area contributed by atoms with Crippen molar-refractivity contribution in [3.05, 3.63) is 41.6 Å². The van der Waals surface area contributed by atoms with Gasteiger partial charge in [0.05, 0.1) is 11.7 Å². The number of carbonyl (C=O) groups is 1. The van der Waals surface area contributed by atoms with E-state index in [9.17, 15) is 4.79 Å². The number of aromatic nitrogens is 4. The smallest absolute Gasteiger partial charge is 0.291 e. The van der Waals surface area contributed by atoms with Gasteiger partial charge in [-0.3, -0.25) is 4.79 Å². The number of rotatable bonds is 3. The maximum absolute atomic E-state index is 12.4. The van der Waals surface area contributed by atoms with Gasteiger partial charge in [0.25, 0.3) is 5.91 Å². The fourth-order valence-corrected chi connectivity index (χ4v) is 3.25. The first-order chi connectivity index (χ1) is 11.7. The molecule has 1 amide bonds. The van der Waals surface area contributed by atoms with E-state index in [1.807, 2.05) is 0 Å². The monoisotopic (exact) mass is 324 g/mol. The van der Waals surface area contributed by atoms with Crippen molar-refractivity contribution in [2.45, 2.75) is 31.7 Å². The van der Waals surface area contributed by atoms with Crippen molar-refractivity contribution in [3.8, 4) is 0 Å². The van der Waals surface area contributed by atoms with Gasteiger partial charge in [0.1, 0.15) is 0 Å². The van der Waals surface area contributed by atoms with E-state index in [0.29, 0.717) is 0 Å². The molecule has 1 aliphatic carbocycles. The molecule has 0 spiro atoms. The van der Waals surface area contributed by atoms with Crippen LogP contribution in [0.5, 0.6) is 0 Å². The molecule has 0 N–H and O–H groups in total. The lowest BCUT2D eigenvalue weighted by Crippen LogP contribution is -2.60. The van der Waals surface area contributed by atoms with Crippen LogP contribution in [0.15, 0.2) is 24.5 Å². The third-order valence-corrected chi connectivity index (χ3v) is 4.87. The van der Waals surface area contributed by atoms with Crippen LogP contribution in [0.25, 0.3) is 0 Å². The highest BCUT2D eigenvalue weighted by Gasteiger charge is 2.34. The summed E-state index contributed by atoms with van der Waals surface area (Å²) < 4.78 is 0. The summed E-state index contributed by atoms with van der Waals surface area (Å²) in [6.07, 6.45) is 7.75. The standard InChI is InChI=1S/C17H20N6O/c1-22(17(24)16-18-7-4-8-19-16)13-10-23(11-13)15-9-12-5-2-3-6-14(12)20-21-15/h4,7-9,13H,2-3,5-6,10-11H2,1H3. The average molecular weight is 324 g/mol. The van der Waals surface area contributed by atoms with Crippen LogP contribution >= 0.6 is 0 Å². The van der Waals surface area contributed by atoms with Crippen molar-refractivity contribution in [2.24, 2.45) is 0 Å². The van der Waals surface area contributed by atoms with Crippen LogP contribution in [0.3, 0.4) is 0 Å². The van der Waals surface area contributed by atoms with Crippen LogP contribution in [0.1, 0.15) is 34.7 Å². The summed E-state index contributed by atoms with van der Waals surface area (Å²) in [6.45, 7) is 1.53. The van der Waals surface area contributed by atoms with E-state index in [2.05, 4.69) is 31.1 Å². The lowest BCUT2D eigenvalue weighted by atomic mass is 9.96. The second kappa shape index (κ2) is 6.14. The zero-order valence-corrected chi connectivity index (χ0v) is 13.7. The van der Waals surface area contributed by atoms with Gasteiger partial charge in [-0.1, -0.05) is 0 Å². The average Bonchev–Trinajstić information content (AvgIpc) is 2.60. The Morgan fingerprint density at radius 1 is 1.17 bits per heavy atom. The number of fused-ring (bicyclic) bond motifs is 1. The lowest BCUT2D eigenvalue weighted by molar-refractivity contribution is 0.0692. The lowest BCUT2D eigenvalue weighted by Gasteiger charge is -2.44. The summed E-state index contributed by atoms with van der Waals surface area (Å²) in [6, 6.07) is 4.02. The first-order valence-corrected chi connectivity index (χ1v) is 8.37. The highest BCUT2D eigenvalue weighted by Crippen LogP contribution is 2.26. The Kier molecular flexibility index (Phi) is 3.84. The second-order valence-electron chi connectivity index (χ2n) is 6.43. The van der Waals surface area contributed by atoms with E-state index in [1.54, 1.807) is 30.4 Å². The maximum atomic E-state index is 12.4. The first kappa shape index (κ1) is 15.0. The van der Waals surface area contributed by atoms with Gasteiger partial charge in [-0.25, -0.2) is 9.97 Å². The fourth-order valence-electron chi connectivity index (χ4n) is 3.25. The normalized spacial score (nSPS) is 17.1. The summed E-state index contributed by atoms with van der Waals surface area (Å²) in [4.78, 5) is 24.3. The molecule has 2 aromatic heterocycles. The largest absolute Gasteiger partial charge is 0.351 e. The number of amides is 1. The molecule has 2 aliphatic rings. The van der Waals surface area contributed by atoms with E-state index in [4.69, 9.17) is 0 Å². The van der Waals surface area contributed by atoms with E-state index in [1.165, 1.54) is 18.4 Å². The molecule has 3 heterocycles. The molecule has 0 saturated carbocycles. The molecule has 1 saturated heterocycles. The number of aryl methyl sites for hydroxylation is 2. The molecule has 1 aliphatic heterocycles. The van der Waals surface area contributed by atoms with Crippen molar-refractivity contribution in [3.63, 3.8) is 0 Å². The molecule has 1 fully saturated rings. The molecule has 2 aromatic rings. The van der Waals surface area contributed by atoms with Gasteiger partial charge in [-0.15, -0.1) is 5.10 Å². The molecular weight excluding hydrogens is 304 g/mol. The van der Waals surface area contributed by atoms with Crippen molar-refractivity contribution in [2.75, 3.05) is 25.0 Å². The highest BCUT2D eigenvalue weighted by molar-refractivity contribution is 5.90.